The van der Waals surface area contributed by atoms with Crippen LogP contribution in [0, 0.1) is 6.92 Å². The Morgan fingerprint density at radius 1 is 1.57 bits per heavy atom. The van der Waals surface area contributed by atoms with Gasteiger partial charge in [0.25, 0.3) is 0 Å². The highest BCUT2D eigenvalue weighted by Gasteiger charge is 2.35. The summed E-state index contributed by atoms with van der Waals surface area (Å²) >= 11 is 0.378. The zero-order chi connectivity index (χ0) is 10.9. The van der Waals surface area contributed by atoms with E-state index in [0.717, 1.165) is 0 Å². The van der Waals surface area contributed by atoms with Crippen molar-refractivity contribution in [3.8, 4) is 0 Å². The Morgan fingerprint density at radius 3 is 2.50 bits per heavy atom. The van der Waals surface area contributed by atoms with Crippen molar-refractivity contribution in [1.29, 1.82) is 0 Å². The topological polar surface area (TPSA) is 50.2 Å². The molecule has 0 aliphatic carbocycles. The summed E-state index contributed by atoms with van der Waals surface area (Å²) in [6.07, 6.45) is -4.91. The third-order valence-corrected chi connectivity index (χ3v) is 2.65. The van der Waals surface area contributed by atoms with Gasteiger partial charge >= 0.3 is 12.1 Å². The molecule has 0 aliphatic rings. The number of hydrogen-bond acceptors (Lipinski definition) is 3. The zero-order valence-corrected chi connectivity index (χ0v) is 7.87. The first-order valence-electron chi connectivity index (χ1n) is 3.56. The van der Waals surface area contributed by atoms with Crippen molar-refractivity contribution >= 4 is 17.3 Å². The molecule has 1 N–H and O–H groups in total. The van der Waals surface area contributed by atoms with Crippen LogP contribution in [-0.2, 0) is 17.4 Å². The third kappa shape index (κ3) is 2.44. The Labute approximate surface area is 81.2 Å². The molecule has 0 radical (unpaired) electrons. The first kappa shape index (κ1) is 11.0. The molecule has 0 unspecified atom stereocenters. The highest BCUT2D eigenvalue weighted by molar-refractivity contribution is 7.12. The summed E-state index contributed by atoms with van der Waals surface area (Å²) in [5.41, 5.74) is 0.129. The Bertz CT molecular complexity index is 358. The second kappa shape index (κ2) is 3.56. The van der Waals surface area contributed by atoms with Crippen LogP contribution < -0.4 is 0 Å². The van der Waals surface area contributed by atoms with Gasteiger partial charge in [-0.15, -0.1) is 11.3 Å². The zero-order valence-electron chi connectivity index (χ0n) is 7.05. The number of halogens is 3. The minimum absolute atomic E-state index is 0.129. The van der Waals surface area contributed by atoms with E-state index in [1.54, 1.807) is 0 Å². The fourth-order valence-corrected chi connectivity index (χ4v) is 1.77. The predicted molar refractivity (Wildman–Crippen MR) is 43.2 cm³/mol. The first-order valence-corrected chi connectivity index (χ1v) is 4.37. The number of thiazole rings is 1. The van der Waals surface area contributed by atoms with E-state index >= 15 is 0 Å². The maximum Gasteiger partial charge on any atom is 0.443 e. The molecule has 1 aromatic rings. The number of alkyl halides is 3. The van der Waals surface area contributed by atoms with Gasteiger partial charge in [0.2, 0.25) is 0 Å². The van der Waals surface area contributed by atoms with E-state index < -0.39 is 23.6 Å². The average molecular weight is 225 g/mol. The van der Waals surface area contributed by atoms with Gasteiger partial charge in [0.05, 0.1) is 12.1 Å². The number of carbonyl (C=O) groups is 1. The molecule has 0 aliphatic heterocycles. The predicted octanol–water partition coefficient (Wildman–Crippen LogP) is 2.10. The van der Waals surface area contributed by atoms with Crippen LogP contribution in [0.25, 0.3) is 0 Å². The fourth-order valence-electron chi connectivity index (χ4n) is 0.851. The summed E-state index contributed by atoms with van der Waals surface area (Å²) < 4.78 is 36.4. The summed E-state index contributed by atoms with van der Waals surface area (Å²) in [7, 11) is 0. The smallest absolute Gasteiger partial charge is 0.443 e. The number of hydrogen-bond donors (Lipinski definition) is 1. The molecule has 78 valence electrons. The molecule has 0 bridgehead atoms. The maximum atomic E-state index is 12.1. The molecule has 1 heterocycles. The van der Waals surface area contributed by atoms with Crippen LogP contribution in [-0.4, -0.2) is 16.1 Å². The standard InChI is InChI=1S/C7H6F3NO2S/c1-3-4(2-5(12)13)14-6(11-3)7(8,9)10/h2H2,1H3,(H,12,13). The lowest BCUT2D eigenvalue weighted by Gasteiger charge is -1.98. The van der Waals surface area contributed by atoms with Gasteiger partial charge < -0.3 is 5.11 Å². The average Bonchev–Trinajstić information content (AvgIpc) is 2.30. The molecule has 0 saturated carbocycles. The molecule has 0 fully saturated rings. The lowest BCUT2D eigenvalue weighted by atomic mass is 10.3. The van der Waals surface area contributed by atoms with Crippen LogP contribution in [0.4, 0.5) is 13.2 Å². The van der Waals surface area contributed by atoms with Crippen LogP contribution >= 0.6 is 11.3 Å². The molecule has 0 saturated heterocycles. The van der Waals surface area contributed by atoms with Crippen LogP contribution in [0.15, 0.2) is 0 Å². The lowest BCUT2D eigenvalue weighted by Crippen LogP contribution is -2.03. The minimum atomic E-state index is -4.49. The summed E-state index contributed by atoms with van der Waals surface area (Å²) in [6, 6.07) is 0. The van der Waals surface area contributed by atoms with Gasteiger partial charge in [-0.25, -0.2) is 4.98 Å². The van der Waals surface area contributed by atoms with Gasteiger partial charge in [-0.2, -0.15) is 13.2 Å². The lowest BCUT2D eigenvalue weighted by molar-refractivity contribution is -0.138. The minimum Gasteiger partial charge on any atom is -0.481 e. The molecular formula is C7H6F3NO2S. The Balaban J connectivity index is 2.99. The SMILES string of the molecule is Cc1nc(C(F)(F)F)sc1CC(=O)O. The van der Waals surface area contributed by atoms with Crippen molar-refractivity contribution in [3.05, 3.63) is 15.6 Å². The second-order valence-corrected chi connectivity index (χ2v) is 3.68. The van der Waals surface area contributed by atoms with Crippen molar-refractivity contribution < 1.29 is 23.1 Å². The number of carboxylic acids is 1. The highest BCUT2D eigenvalue weighted by atomic mass is 32.1. The molecule has 0 atom stereocenters. The van der Waals surface area contributed by atoms with Gasteiger partial charge in [0.15, 0.2) is 5.01 Å². The van der Waals surface area contributed by atoms with Crippen molar-refractivity contribution in [3.63, 3.8) is 0 Å². The maximum absolute atomic E-state index is 12.1. The summed E-state index contributed by atoms with van der Waals surface area (Å²) in [5.74, 6) is -1.16. The molecule has 7 heteroatoms. The third-order valence-electron chi connectivity index (χ3n) is 1.45. The molecule has 1 rings (SSSR count). The normalized spacial score (nSPS) is 11.7. The number of aryl methyl sites for hydroxylation is 1. The van der Waals surface area contributed by atoms with Crippen molar-refractivity contribution in [1.82, 2.24) is 4.98 Å². The molecule has 14 heavy (non-hydrogen) atoms. The fraction of sp³-hybridized carbons (Fsp3) is 0.429. The number of nitrogens with zero attached hydrogens (tertiary/aromatic N) is 1. The van der Waals surface area contributed by atoms with Crippen LogP contribution in [0.1, 0.15) is 15.6 Å². The van der Waals surface area contributed by atoms with E-state index in [2.05, 4.69) is 4.98 Å². The van der Waals surface area contributed by atoms with Gasteiger partial charge in [0.1, 0.15) is 0 Å². The van der Waals surface area contributed by atoms with E-state index in [-0.39, 0.29) is 10.6 Å². The largest absolute Gasteiger partial charge is 0.481 e. The van der Waals surface area contributed by atoms with Crippen molar-refractivity contribution in [2.24, 2.45) is 0 Å². The van der Waals surface area contributed by atoms with Crippen molar-refractivity contribution in [2.45, 2.75) is 19.5 Å². The van der Waals surface area contributed by atoms with Gasteiger partial charge in [0, 0.05) is 4.88 Å². The van der Waals surface area contributed by atoms with Gasteiger partial charge in [-0.05, 0) is 6.92 Å². The molecule has 3 nitrogen and oxygen atoms in total. The quantitative estimate of drug-likeness (QED) is 0.838. The highest BCUT2D eigenvalue weighted by Crippen LogP contribution is 2.34. The summed E-state index contributed by atoms with van der Waals surface area (Å²) in [6.45, 7) is 1.37. The van der Waals surface area contributed by atoms with Crippen LogP contribution in [0.5, 0.6) is 0 Å². The van der Waals surface area contributed by atoms with E-state index in [1.165, 1.54) is 6.92 Å². The second-order valence-electron chi connectivity index (χ2n) is 2.60. The van der Waals surface area contributed by atoms with Crippen LogP contribution in [0.2, 0.25) is 0 Å². The van der Waals surface area contributed by atoms with E-state index in [4.69, 9.17) is 5.11 Å². The Hall–Kier alpha value is -1.11. The first-order chi connectivity index (χ1) is 6.30. The Kier molecular flexibility index (Phi) is 2.79. The van der Waals surface area contributed by atoms with Gasteiger partial charge in [-0.3, -0.25) is 4.79 Å². The van der Waals surface area contributed by atoms with Crippen LogP contribution in [0.3, 0.4) is 0 Å². The summed E-state index contributed by atoms with van der Waals surface area (Å²) in [5, 5.41) is 7.41. The van der Waals surface area contributed by atoms with E-state index in [0.29, 0.717) is 11.3 Å². The molecular weight excluding hydrogens is 219 g/mol. The van der Waals surface area contributed by atoms with E-state index in [1.807, 2.05) is 0 Å². The number of carboxylic acid groups (broad SMARTS) is 1. The molecule has 1 aromatic heterocycles. The monoisotopic (exact) mass is 225 g/mol. The number of aliphatic carboxylic acids is 1. The Morgan fingerprint density at radius 2 is 2.14 bits per heavy atom. The number of rotatable bonds is 2. The van der Waals surface area contributed by atoms with Gasteiger partial charge in [-0.1, -0.05) is 0 Å². The number of aromatic nitrogens is 1. The molecule has 0 spiro atoms. The van der Waals surface area contributed by atoms with E-state index in [9.17, 15) is 18.0 Å². The van der Waals surface area contributed by atoms with Crippen molar-refractivity contribution in [2.75, 3.05) is 0 Å². The molecule has 0 aromatic carbocycles. The summed E-state index contributed by atoms with van der Waals surface area (Å²) in [4.78, 5) is 13.7. The molecule has 0 amide bonds.